The molecule has 0 spiro atoms. The van der Waals surface area contributed by atoms with Gasteiger partial charge in [-0.1, -0.05) is 18.2 Å². The zero-order valence-electron chi connectivity index (χ0n) is 12.3. The average Bonchev–Trinajstić information content (AvgIpc) is 2.93. The van der Waals surface area contributed by atoms with E-state index in [1.807, 2.05) is 29.4 Å². The van der Waals surface area contributed by atoms with E-state index in [0.29, 0.717) is 6.54 Å². The summed E-state index contributed by atoms with van der Waals surface area (Å²) in [6.07, 6.45) is 1.68. The van der Waals surface area contributed by atoms with Gasteiger partial charge in [-0.15, -0.1) is 22.0 Å². The fourth-order valence-electron chi connectivity index (χ4n) is 1.71. The molecule has 7 heteroatoms. The summed E-state index contributed by atoms with van der Waals surface area (Å²) in [5, 5.41) is 14.4. The highest BCUT2D eigenvalue weighted by Crippen LogP contribution is 2.15. The van der Waals surface area contributed by atoms with Gasteiger partial charge in [-0.2, -0.15) is 0 Å². The van der Waals surface area contributed by atoms with E-state index >= 15 is 0 Å². The monoisotopic (exact) mass is 304 g/mol. The molecule has 6 nitrogen and oxygen atoms in total. The van der Waals surface area contributed by atoms with Crippen LogP contribution in [-0.4, -0.2) is 40.1 Å². The van der Waals surface area contributed by atoms with Crippen LogP contribution in [-0.2, 0) is 13.6 Å². The molecular weight excluding hydrogens is 284 g/mol. The molecule has 0 bridgehead atoms. The molecule has 1 aromatic carbocycles. The van der Waals surface area contributed by atoms with Gasteiger partial charge in [0, 0.05) is 31.3 Å². The van der Waals surface area contributed by atoms with Gasteiger partial charge in [-0.25, -0.2) is 0 Å². The maximum absolute atomic E-state index is 4.19. The lowest BCUT2D eigenvalue weighted by Crippen LogP contribution is -2.38. The first-order valence-corrected chi connectivity index (χ1v) is 7.73. The molecule has 0 radical (unpaired) electrons. The molecule has 0 aliphatic carbocycles. The summed E-state index contributed by atoms with van der Waals surface area (Å²) < 4.78 is 1.88. The Morgan fingerprint density at radius 1 is 1.29 bits per heavy atom. The largest absolute Gasteiger partial charge is 0.356 e. The minimum absolute atomic E-state index is 0.599. The Morgan fingerprint density at radius 3 is 2.76 bits per heavy atom. The summed E-state index contributed by atoms with van der Waals surface area (Å²) in [6.45, 7) is 1.44. The van der Waals surface area contributed by atoms with E-state index in [0.717, 1.165) is 24.1 Å². The normalized spacial score (nSPS) is 11.4. The first-order valence-electron chi connectivity index (χ1n) is 6.75. The summed E-state index contributed by atoms with van der Waals surface area (Å²) in [5.74, 6) is 2.62. The van der Waals surface area contributed by atoms with E-state index in [1.54, 1.807) is 13.4 Å². The fraction of sp³-hybridized carbons (Fsp3) is 0.357. The second-order valence-corrected chi connectivity index (χ2v) is 5.54. The van der Waals surface area contributed by atoms with Crippen LogP contribution >= 0.6 is 11.8 Å². The fourth-order valence-corrected chi connectivity index (χ4v) is 2.50. The number of aryl methyl sites for hydroxylation is 1. The van der Waals surface area contributed by atoms with Gasteiger partial charge in [0.15, 0.2) is 11.8 Å². The third-order valence-corrected chi connectivity index (χ3v) is 3.86. The van der Waals surface area contributed by atoms with E-state index in [2.05, 4.69) is 50.1 Å². The molecule has 0 atom stereocenters. The van der Waals surface area contributed by atoms with Crippen LogP contribution < -0.4 is 10.6 Å². The molecule has 2 rings (SSSR count). The highest BCUT2D eigenvalue weighted by atomic mass is 32.2. The van der Waals surface area contributed by atoms with Crippen LogP contribution in [0.1, 0.15) is 5.82 Å². The van der Waals surface area contributed by atoms with Crippen molar-refractivity contribution in [1.82, 2.24) is 25.4 Å². The third kappa shape index (κ3) is 5.11. The first kappa shape index (κ1) is 15.4. The molecular formula is C14H20N6S. The van der Waals surface area contributed by atoms with Crippen molar-refractivity contribution in [3.05, 3.63) is 42.5 Å². The minimum atomic E-state index is 0.599. The molecule has 21 heavy (non-hydrogen) atoms. The van der Waals surface area contributed by atoms with Crippen molar-refractivity contribution in [2.24, 2.45) is 12.0 Å². The lowest BCUT2D eigenvalue weighted by molar-refractivity contribution is 0.731. The number of guanidine groups is 1. The molecule has 1 aromatic heterocycles. The van der Waals surface area contributed by atoms with Gasteiger partial charge in [-0.3, -0.25) is 4.99 Å². The van der Waals surface area contributed by atoms with E-state index in [4.69, 9.17) is 0 Å². The Morgan fingerprint density at radius 2 is 2.10 bits per heavy atom. The molecule has 0 fully saturated rings. The second-order valence-electron chi connectivity index (χ2n) is 4.37. The summed E-state index contributed by atoms with van der Waals surface area (Å²) in [6, 6.07) is 10.4. The molecule has 0 aliphatic rings. The van der Waals surface area contributed by atoms with Crippen LogP contribution in [0.5, 0.6) is 0 Å². The number of nitrogens with one attached hydrogen (secondary N) is 2. The topological polar surface area (TPSA) is 67.1 Å². The van der Waals surface area contributed by atoms with E-state index < -0.39 is 0 Å². The second kappa shape index (κ2) is 8.31. The maximum atomic E-state index is 4.19. The maximum Gasteiger partial charge on any atom is 0.191 e. The lowest BCUT2D eigenvalue weighted by atomic mass is 10.4. The summed E-state index contributed by atoms with van der Waals surface area (Å²) in [4.78, 5) is 5.47. The number of hydrogen-bond donors (Lipinski definition) is 2. The SMILES string of the molecule is CN=C(NCCSc1ccccc1)NCc1nncn1C. The Balaban J connectivity index is 1.67. The van der Waals surface area contributed by atoms with E-state index in [1.165, 1.54) is 4.90 Å². The van der Waals surface area contributed by atoms with Gasteiger partial charge in [0.25, 0.3) is 0 Å². The van der Waals surface area contributed by atoms with Crippen LogP contribution in [0.3, 0.4) is 0 Å². The molecule has 2 aromatic rings. The minimum Gasteiger partial charge on any atom is -0.356 e. The smallest absolute Gasteiger partial charge is 0.191 e. The van der Waals surface area contributed by atoms with Crippen LogP contribution in [0.2, 0.25) is 0 Å². The molecule has 0 saturated heterocycles. The van der Waals surface area contributed by atoms with Crippen molar-refractivity contribution in [2.75, 3.05) is 19.3 Å². The predicted octanol–water partition coefficient (Wildman–Crippen LogP) is 1.27. The van der Waals surface area contributed by atoms with Crippen molar-refractivity contribution in [2.45, 2.75) is 11.4 Å². The quantitative estimate of drug-likeness (QED) is 0.364. The molecule has 112 valence electrons. The number of hydrogen-bond acceptors (Lipinski definition) is 4. The van der Waals surface area contributed by atoms with Crippen LogP contribution in [0.15, 0.2) is 46.5 Å². The average molecular weight is 304 g/mol. The number of aromatic nitrogens is 3. The highest BCUT2D eigenvalue weighted by Gasteiger charge is 2.02. The number of nitrogens with zero attached hydrogens (tertiary/aromatic N) is 4. The Bertz CT molecular complexity index is 566. The van der Waals surface area contributed by atoms with Gasteiger partial charge in [0.1, 0.15) is 6.33 Å². The predicted molar refractivity (Wildman–Crippen MR) is 86.4 cm³/mol. The van der Waals surface area contributed by atoms with Crippen LogP contribution in [0.25, 0.3) is 0 Å². The molecule has 0 saturated carbocycles. The summed E-state index contributed by atoms with van der Waals surface area (Å²) >= 11 is 1.82. The first-order chi connectivity index (χ1) is 10.3. The highest BCUT2D eigenvalue weighted by molar-refractivity contribution is 7.99. The summed E-state index contributed by atoms with van der Waals surface area (Å²) in [7, 11) is 3.68. The van der Waals surface area contributed by atoms with Gasteiger partial charge in [0.2, 0.25) is 0 Å². The zero-order chi connectivity index (χ0) is 14.9. The van der Waals surface area contributed by atoms with Gasteiger partial charge in [0.05, 0.1) is 6.54 Å². The van der Waals surface area contributed by atoms with Crippen molar-refractivity contribution in [1.29, 1.82) is 0 Å². The van der Waals surface area contributed by atoms with Crippen molar-refractivity contribution < 1.29 is 0 Å². The number of rotatable bonds is 6. The molecule has 2 N–H and O–H groups in total. The van der Waals surface area contributed by atoms with E-state index in [-0.39, 0.29) is 0 Å². The Kier molecular flexibility index (Phi) is 6.08. The molecule has 1 heterocycles. The Hall–Kier alpha value is -2.02. The van der Waals surface area contributed by atoms with Crippen LogP contribution in [0.4, 0.5) is 0 Å². The standard InChI is InChI=1S/C14H20N6S/c1-15-14(17-10-13-19-18-11-20(13)2)16-8-9-21-12-6-4-3-5-7-12/h3-7,11H,8-10H2,1-2H3,(H2,15,16,17). The molecule has 0 amide bonds. The Labute approximate surface area is 129 Å². The van der Waals surface area contributed by atoms with Gasteiger partial charge < -0.3 is 15.2 Å². The third-order valence-electron chi connectivity index (χ3n) is 2.85. The van der Waals surface area contributed by atoms with Crippen LogP contribution in [0, 0.1) is 0 Å². The summed E-state index contributed by atoms with van der Waals surface area (Å²) in [5.41, 5.74) is 0. The molecule has 0 unspecified atom stereocenters. The van der Waals surface area contributed by atoms with Crippen molar-refractivity contribution >= 4 is 17.7 Å². The van der Waals surface area contributed by atoms with Gasteiger partial charge in [-0.05, 0) is 12.1 Å². The van der Waals surface area contributed by atoms with Crippen molar-refractivity contribution in [3.63, 3.8) is 0 Å². The van der Waals surface area contributed by atoms with E-state index in [9.17, 15) is 0 Å². The van der Waals surface area contributed by atoms with Gasteiger partial charge >= 0.3 is 0 Å². The zero-order valence-corrected chi connectivity index (χ0v) is 13.1. The molecule has 0 aliphatic heterocycles. The van der Waals surface area contributed by atoms with Crippen molar-refractivity contribution in [3.8, 4) is 0 Å². The lowest BCUT2D eigenvalue weighted by Gasteiger charge is -2.11. The number of thioether (sulfide) groups is 1. The number of benzene rings is 1. The number of aliphatic imine (C=N–C) groups is 1.